The van der Waals surface area contributed by atoms with E-state index in [2.05, 4.69) is 13.2 Å². The fourth-order valence-corrected chi connectivity index (χ4v) is 4.88. The van der Waals surface area contributed by atoms with Gasteiger partial charge in [-0.25, -0.2) is 9.97 Å². The Labute approximate surface area is 164 Å². The SMILES string of the molecule is BC1(NC(=O)c2cc(C3CC3)nc(C3CCCC3)n2)CCCCCCCC1. The molecule has 0 saturated heterocycles. The van der Waals surface area contributed by atoms with Gasteiger partial charge in [-0.1, -0.05) is 51.4 Å². The van der Waals surface area contributed by atoms with Crippen molar-refractivity contribution in [1.29, 1.82) is 0 Å². The van der Waals surface area contributed by atoms with Crippen molar-refractivity contribution in [1.82, 2.24) is 15.3 Å². The average molecular weight is 367 g/mol. The van der Waals surface area contributed by atoms with E-state index in [0.717, 1.165) is 24.4 Å². The molecule has 0 radical (unpaired) electrons. The molecule has 1 heterocycles. The average Bonchev–Trinajstić information content (AvgIpc) is 3.34. The Morgan fingerprint density at radius 1 is 0.889 bits per heavy atom. The lowest BCUT2D eigenvalue weighted by molar-refractivity contribution is 0.0914. The third kappa shape index (κ3) is 4.91. The van der Waals surface area contributed by atoms with E-state index in [1.807, 2.05) is 6.07 Å². The molecule has 146 valence electrons. The summed E-state index contributed by atoms with van der Waals surface area (Å²) in [5.74, 6) is 1.96. The number of nitrogens with zero attached hydrogens (tertiary/aromatic N) is 2. The van der Waals surface area contributed by atoms with E-state index in [1.165, 1.54) is 77.0 Å². The van der Waals surface area contributed by atoms with Gasteiger partial charge in [0, 0.05) is 23.0 Å². The fourth-order valence-electron chi connectivity index (χ4n) is 4.88. The van der Waals surface area contributed by atoms with Gasteiger partial charge >= 0.3 is 0 Å². The summed E-state index contributed by atoms with van der Waals surface area (Å²) in [5.41, 5.74) is 1.62. The maximum absolute atomic E-state index is 13.2. The molecular weight excluding hydrogens is 333 g/mol. The lowest BCUT2D eigenvalue weighted by Crippen LogP contribution is -2.49. The normalized spacial score (nSPS) is 24.0. The third-order valence-electron chi connectivity index (χ3n) is 6.83. The molecule has 5 heteroatoms. The molecule has 0 bridgehead atoms. The summed E-state index contributed by atoms with van der Waals surface area (Å²) >= 11 is 0. The Balaban J connectivity index is 1.52. The number of hydrogen-bond donors (Lipinski definition) is 1. The lowest BCUT2D eigenvalue weighted by Gasteiger charge is -2.31. The summed E-state index contributed by atoms with van der Waals surface area (Å²) in [7, 11) is 2.23. The van der Waals surface area contributed by atoms with Crippen molar-refractivity contribution in [2.24, 2.45) is 0 Å². The maximum atomic E-state index is 13.2. The van der Waals surface area contributed by atoms with E-state index in [9.17, 15) is 4.79 Å². The minimum atomic E-state index is -0.0976. The highest BCUT2D eigenvalue weighted by atomic mass is 16.2. The van der Waals surface area contributed by atoms with Crippen LogP contribution in [0.3, 0.4) is 0 Å². The number of nitrogens with one attached hydrogen (secondary N) is 1. The minimum Gasteiger partial charge on any atom is -0.353 e. The van der Waals surface area contributed by atoms with Crippen LogP contribution in [-0.2, 0) is 0 Å². The van der Waals surface area contributed by atoms with Crippen molar-refractivity contribution in [3.8, 4) is 0 Å². The monoisotopic (exact) mass is 367 g/mol. The third-order valence-corrected chi connectivity index (χ3v) is 6.83. The van der Waals surface area contributed by atoms with Gasteiger partial charge in [0.25, 0.3) is 5.91 Å². The van der Waals surface area contributed by atoms with Gasteiger partial charge in [-0.2, -0.15) is 0 Å². The second kappa shape index (κ2) is 8.32. The predicted molar refractivity (Wildman–Crippen MR) is 111 cm³/mol. The van der Waals surface area contributed by atoms with E-state index in [0.29, 0.717) is 17.5 Å². The van der Waals surface area contributed by atoms with Crippen LogP contribution < -0.4 is 5.32 Å². The highest BCUT2D eigenvalue weighted by Crippen LogP contribution is 2.40. The molecular formula is C22H34BN3O. The summed E-state index contributed by atoms with van der Waals surface area (Å²) in [6.45, 7) is 0. The molecule has 1 aromatic heterocycles. The van der Waals surface area contributed by atoms with Gasteiger partial charge < -0.3 is 5.32 Å². The summed E-state index contributed by atoms with van der Waals surface area (Å²) in [4.78, 5) is 22.8. The lowest BCUT2D eigenvalue weighted by atomic mass is 9.70. The van der Waals surface area contributed by atoms with Crippen molar-refractivity contribution in [3.05, 3.63) is 23.3 Å². The van der Waals surface area contributed by atoms with Crippen molar-refractivity contribution < 1.29 is 4.79 Å². The van der Waals surface area contributed by atoms with Crippen LogP contribution in [0.25, 0.3) is 0 Å². The summed E-state index contributed by atoms with van der Waals surface area (Å²) < 4.78 is 0. The molecule has 0 atom stereocenters. The van der Waals surface area contributed by atoms with Crippen molar-refractivity contribution >= 4 is 13.8 Å². The number of carbonyl (C=O) groups excluding carboxylic acids is 1. The number of carbonyl (C=O) groups is 1. The van der Waals surface area contributed by atoms with Crippen LogP contribution in [0.1, 0.15) is 124 Å². The zero-order valence-electron chi connectivity index (χ0n) is 16.9. The molecule has 3 aliphatic rings. The molecule has 3 fully saturated rings. The summed E-state index contributed by atoms with van der Waals surface area (Å²) in [5, 5.41) is 3.38. The maximum Gasteiger partial charge on any atom is 0.269 e. The molecule has 3 saturated carbocycles. The van der Waals surface area contributed by atoms with Gasteiger partial charge in [0.05, 0.1) is 0 Å². The predicted octanol–water partition coefficient (Wildman–Crippen LogP) is 4.21. The van der Waals surface area contributed by atoms with E-state index < -0.39 is 0 Å². The van der Waals surface area contributed by atoms with Crippen LogP contribution >= 0.6 is 0 Å². The Hall–Kier alpha value is -1.39. The molecule has 0 unspecified atom stereocenters. The fraction of sp³-hybridized carbons (Fsp3) is 0.773. The molecule has 0 aromatic carbocycles. The van der Waals surface area contributed by atoms with Crippen LogP contribution in [0.5, 0.6) is 0 Å². The van der Waals surface area contributed by atoms with Crippen LogP contribution in [-0.4, -0.2) is 29.2 Å². The highest BCUT2D eigenvalue weighted by molar-refractivity contribution is 6.17. The first kappa shape index (κ1) is 19.0. The smallest absolute Gasteiger partial charge is 0.269 e. The molecule has 1 aromatic rings. The largest absolute Gasteiger partial charge is 0.353 e. The van der Waals surface area contributed by atoms with Gasteiger partial charge in [-0.05, 0) is 44.6 Å². The molecule has 3 aliphatic carbocycles. The summed E-state index contributed by atoms with van der Waals surface area (Å²) in [6.07, 6.45) is 17.1. The molecule has 1 N–H and O–H groups in total. The Kier molecular flexibility index (Phi) is 5.84. The quantitative estimate of drug-likeness (QED) is 0.812. The molecule has 0 spiro atoms. The second-order valence-corrected chi connectivity index (χ2v) is 9.43. The van der Waals surface area contributed by atoms with Crippen molar-refractivity contribution in [2.45, 2.75) is 107 Å². The molecule has 1 amide bonds. The number of aromatic nitrogens is 2. The molecule has 0 aliphatic heterocycles. The second-order valence-electron chi connectivity index (χ2n) is 9.43. The first-order valence-corrected chi connectivity index (χ1v) is 11.3. The Morgan fingerprint density at radius 3 is 2.15 bits per heavy atom. The molecule has 4 rings (SSSR count). The zero-order chi connectivity index (χ0) is 18.7. The Bertz CT molecular complexity index is 658. The van der Waals surface area contributed by atoms with Crippen LogP contribution in [0.2, 0.25) is 0 Å². The number of hydrogen-bond acceptors (Lipinski definition) is 3. The minimum absolute atomic E-state index is 0.0142. The number of amides is 1. The van der Waals surface area contributed by atoms with Crippen LogP contribution in [0, 0.1) is 0 Å². The Morgan fingerprint density at radius 2 is 1.52 bits per heavy atom. The van der Waals surface area contributed by atoms with Gasteiger partial charge in [0.2, 0.25) is 0 Å². The van der Waals surface area contributed by atoms with Crippen molar-refractivity contribution in [3.63, 3.8) is 0 Å². The molecule has 27 heavy (non-hydrogen) atoms. The molecule has 4 nitrogen and oxygen atoms in total. The highest BCUT2D eigenvalue weighted by Gasteiger charge is 2.31. The van der Waals surface area contributed by atoms with Gasteiger partial charge in [0.1, 0.15) is 19.4 Å². The first-order chi connectivity index (χ1) is 13.1. The van der Waals surface area contributed by atoms with E-state index in [-0.39, 0.29) is 11.3 Å². The number of rotatable bonds is 4. The van der Waals surface area contributed by atoms with Crippen molar-refractivity contribution in [2.75, 3.05) is 0 Å². The van der Waals surface area contributed by atoms with Gasteiger partial charge in [-0.15, -0.1) is 0 Å². The first-order valence-electron chi connectivity index (χ1n) is 11.3. The van der Waals surface area contributed by atoms with Gasteiger partial charge in [0.15, 0.2) is 0 Å². The van der Waals surface area contributed by atoms with Crippen LogP contribution in [0.4, 0.5) is 0 Å². The zero-order valence-corrected chi connectivity index (χ0v) is 16.9. The van der Waals surface area contributed by atoms with E-state index in [4.69, 9.17) is 9.97 Å². The van der Waals surface area contributed by atoms with E-state index in [1.54, 1.807) is 0 Å². The standard InChI is InChI=1S/C22H34BN3O/c23-22(13-7-3-1-2-4-8-14-22)26-21(27)19-15-18(16-11-12-16)24-20(25-19)17-9-5-6-10-17/h15-17H,1-14,23H2,(H,26,27). The van der Waals surface area contributed by atoms with Gasteiger partial charge in [-0.3, -0.25) is 4.79 Å². The van der Waals surface area contributed by atoms with Crippen LogP contribution in [0.15, 0.2) is 6.07 Å². The topological polar surface area (TPSA) is 54.9 Å². The van der Waals surface area contributed by atoms with E-state index >= 15 is 0 Å². The summed E-state index contributed by atoms with van der Waals surface area (Å²) in [6, 6.07) is 1.98.